The average molecular weight is 436 g/mol. The summed E-state index contributed by atoms with van der Waals surface area (Å²) in [4.78, 5) is 16.0. The molecular weight excluding hydrogens is 409 g/mol. The summed E-state index contributed by atoms with van der Waals surface area (Å²) in [6.45, 7) is 3.18. The SMILES string of the molecule is CN1C(=O)Cc2ccc(OC3CC4(C3)CN(CCCc3cc5nncn5cc3F)C4)cc21. The van der Waals surface area contributed by atoms with E-state index in [1.54, 1.807) is 15.4 Å². The van der Waals surface area contributed by atoms with E-state index < -0.39 is 0 Å². The molecule has 0 bridgehead atoms. The first kappa shape index (κ1) is 19.7. The summed E-state index contributed by atoms with van der Waals surface area (Å²) in [5.41, 5.74) is 3.83. The van der Waals surface area contributed by atoms with Crippen LogP contribution in [-0.2, 0) is 17.6 Å². The van der Waals surface area contributed by atoms with E-state index >= 15 is 0 Å². The Balaban J connectivity index is 0.958. The number of nitrogens with zero attached hydrogens (tertiary/aromatic N) is 5. The predicted molar refractivity (Wildman–Crippen MR) is 117 cm³/mol. The molecule has 1 aliphatic carbocycles. The van der Waals surface area contributed by atoms with Crippen molar-refractivity contribution < 1.29 is 13.9 Å². The van der Waals surface area contributed by atoms with E-state index in [0.717, 1.165) is 55.9 Å². The Bertz CT molecular complexity index is 1190. The van der Waals surface area contributed by atoms with E-state index in [2.05, 4.69) is 15.1 Å². The number of benzene rings is 1. The molecule has 0 N–H and O–H groups in total. The van der Waals surface area contributed by atoms with Crippen LogP contribution in [-0.4, -0.2) is 58.2 Å². The van der Waals surface area contributed by atoms with Gasteiger partial charge in [-0.05, 0) is 55.5 Å². The molecule has 1 aromatic carbocycles. The van der Waals surface area contributed by atoms with Gasteiger partial charge in [-0.15, -0.1) is 10.2 Å². The van der Waals surface area contributed by atoms with Crippen molar-refractivity contribution >= 4 is 17.2 Å². The average Bonchev–Trinajstić information content (AvgIpc) is 3.28. The Kier molecular flexibility index (Phi) is 4.47. The van der Waals surface area contributed by atoms with Gasteiger partial charge in [0, 0.05) is 37.8 Å². The molecule has 6 rings (SSSR count). The maximum atomic E-state index is 14.2. The zero-order valence-corrected chi connectivity index (χ0v) is 18.1. The lowest BCUT2D eigenvalue weighted by Crippen LogP contribution is -2.64. The Hall–Kier alpha value is -3.00. The molecule has 1 saturated carbocycles. The second-order valence-corrected chi connectivity index (χ2v) is 9.63. The van der Waals surface area contributed by atoms with Crippen molar-refractivity contribution in [3.05, 3.63) is 53.7 Å². The van der Waals surface area contributed by atoms with Crippen LogP contribution in [0.5, 0.6) is 5.75 Å². The van der Waals surface area contributed by atoms with Crippen molar-refractivity contribution in [1.29, 1.82) is 0 Å². The first-order chi connectivity index (χ1) is 15.5. The van der Waals surface area contributed by atoms with Gasteiger partial charge < -0.3 is 14.5 Å². The number of rotatable bonds is 6. The molecule has 166 valence electrons. The number of anilines is 1. The number of hydrogen-bond acceptors (Lipinski definition) is 5. The molecule has 3 aromatic rings. The highest BCUT2D eigenvalue weighted by molar-refractivity contribution is 6.01. The minimum atomic E-state index is -0.196. The molecule has 2 aliphatic heterocycles. The summed E-state index contributed by atoms with van der Waals surface area (Å²) in [6, 6.07) is 7.78. The van der Waals surface area contributed by atoms with E-state index in [4.69, 9.17) is 4.74 Å². The van der Waals surface area contributed by atoms with Gasteiger partial charge in [0.25, 0.3) is 0 Å². The van der Waals surface area contributed by atoms with Crippen LogP contribution in [0.25, 0.3) is 5.65 Å². The molecule has 7 nitrogen and oxygen atoms in total. The number of fused-ring (bicyclic) bond motifs is 2. The maximum absolute atomic E-state index is 14.2. The fraction of sp³-hybridized carbons (Fsp3) is 0.458. The zero-order chi connectivity index (χ0) is 21.9. The molecule has 2 aromatic heterocycles. The maximum Gasteiger partial charge on any atom is 0.231 e. The van der Waals surface area contributed by atoms with Crippen molar-refractivity contribution in [1.82, 2.24) is 19.5 Å². The van der Waals surface area contributed by atoms with Gasteiger partial charge in [-0.25, -0.2) is 4.39 Å². The number of halogens is 1. The minimum absolute atomic E-state index is 0.135. The number of ether oxygens (including phenoxy) is 1. The number of amides is 1. The van der Waals surface area contributed by atoms with Crippen molar-refractivity contribution in [3.8, 4) is 5.75 Å². The third kappa shape index (κ3) is 3.33. The standard InChI is InChI=1S/C24H26FN5O2/c1-28-21-9-18(5-4-17(21)8-23(28)31)32-19-10-24(11-19)13-29(14-24)6-2-3-16-7-22-27-26-15-30(22)12-20(16)25/h4-5,7,9,12,15,19H,2-3,6,8,10-11,13-14H2,1H3. The van der Waals surface area contributed by atoms with Gasteiger partial charge >= 0.3 is 0 Å². The summed E-state index contributed by atoms with van der Waals surface area (Å²) in [7, 11) is 1.82. The van der Waals surface area contributed by atoms with Gasteiger partial charge in [0.2, 0.25) is 5.91 Å². The van der Waals surface area contributed by atoms with Gasteiger partial charge in [-0.2, -0.15) is 0 Å². The summed E-state index contributed by atoms with van der Waals surface area (Å²) in [5, 5.41) is 7.81. The third-order valence-electron chi connectivity index (χ3n) is 7.26. The molecule has 4 heterocycles. The molecule has 1 spiro atoms. The van der Waals surface area contributed by atoms with Crippen LogP contribution in [0.4, 0.5) is 10.1 Å². The normalized spacial score (nSPS) is 19.9. The van der Waals surface area contributed by atoms with Crippen molar-refractivity contribution in [2.75, 3.05) is 31.6 Å². The van der Waals surface area contributed by atoms with Crippen LogP contribution in [0, 0.1) is 11.2 Å². The Labute approximate surface area is 185 Å². The monoisotopic (exact) mass is 435 g/mol. The summed E-state index contributed by atoms with van der Waals surface area (Å²) in [6.07, 6.45) is 7.49. The number of pyridine rings is 1. The van der Waals surface area contributed by atoms with Gasteiger partial charge in [0.05, 0.1) is 18.2 Å². The first-order valence-electron chi connectivity index (χ1n) is 11.2. The topological polar surface area (TPSA) is 63.0 Å². The Morgan fingerprint density at radius 1 is 1.25 bits per heavy atom. The summed E-state index contributed by atoms with van der Waals surface area (Å²) in [5.74, 6) is 0.794. The van der Waals surface area contributed by atoms with Crippen molar-refractivity contribution in [3.63, 3.8) is 0 Å². The molecule has 0 unspecified atom stereocenters. The number of likely N-dealkylation sites (tertiary alicyclic amines) is 1. The van der Waals surface area contributed by atoms with Gasteiger partial charge in [-0.3, -0.25) is 9.20 Å². The number of carbonyl (C=O) groups excluding carboxylic acids is 1. The fourth-order valence-corrected chi connectivity index (χ4v) is 5.56. The lowest BCUT2D eigenvalue weighted by Gasteiger charge is -2.58. The smallest absolute Gasteiger partial charge is 0.231 e. The molecule has 1 saturated heterocycles. The molecule has 2 fully saturated rings. The number of likely N-dealkylation sites (N-methyl/N-ethyl adjacent to an activating group) is 1. The van der Waals surface area contributed by atoms with E-state index in [1.807, 2.05) is 25.2 Å². The Morgan fingerprint density at radius 2 is 2.09 bits per heavy atom. The van der Waals surface area contributed by atoms with Crippen LogP contribution in [0.1, 0.15) is 30.4 Å². The molecule has 8 heteroatoms. The van der Waals surface area contributed by atoms with Gasteiger partial charge in [0.1, 0.15) is 17.9 Å². The first-order valence-corrected chi connectivity index (χ1v) is 11.2. The van der Waals surface area contributed by atoms with Crippen LogP contribution < -0.4 is 9.64 Å². The van der Waals surface area contributed by atoms with Crippen LogP contribution in [0.15, 0.2) is 36.8 Å². The highest BCUT2D eigenvalue weighted by atomic mass is 19.1. The predicted octanol–water partition coefficient (Wildman–Crippen LogP) is 2.86. The number of carbonyl (C=O) groups is 1. The second kappa shape index (κ2) is 7.27. The molecule has 0 atom stereocenters. The molecule has 0 radical (unpaired) electrons. The van der Waals surface area contributed by atoms with E-state index in [9.17, 15) is 9.18 Å². The van der Waals surface area contributed by atoms with Gasteiger partial charge in [-0.1, -0.05) is 6.07 Å². The van der Waals surface area contributed by atoms with Gasteiger partial charge in [0.15, 0.2) is 5.65 Å². The summed E-state index contributed by atoms with van der Waals surface area (Å²) >= 11 is 0. The highest BCUT2D eigenvalue weighted by Gasteiger charge is 2.53. The van der Waals surface area contributed by atoms with Crippen LogP contribution in [0.3, 0.4) is 0 Å². The lowest BCUT2D eigenvalue weighted by molar-refractivity contribution is -0.119. The highest BCUT2D eigenvalue weighted by Crippen LogP contribution is 2.50. The Morgan fingerprint density at radius 3 is 2.94 bits per heavy atom. The number of aromatic nitrogens is 3. The molecule has 3 aliphatic rings. The van der Waals surface area contributed by atoms with Crippen LogP contribution in [0.2, 0.25) is 0 Å². The van der Waals surface area contributed by atoms with Crippen LogP contribution >= 0.6 is 0 Å². The van der Waals surface area contributed by atoms with E-state index in [0.29, 0.717) is 29.5 Å². The molecule has 1 amide bonds. The zero-order valence-electron chi connectivity index (χ0n) is 18.1. The van der Waals surface area contributed by atoms with E-state index in [-0.39, 0.29) is 17.8 Å². The lowest BCUT2D eigenvalue weighted by atomic mass is 9.61. The molecule has 32 heavy (non-hydrogen) atoms. The third-order valence-corrected chi connectivity index (χ3v) is 7.26. The van der Waals surface area contributed by atoms with E-state index in [1.165, 1.54) is 12.5 Å². The largest absolute Gasteiger partial charge is 0.490 e. The van der Waals surface area contributed by atoms with Crippen molar-refractivity contribution in [2.45, 2.75) is 38.2 Å². The summed E-state index contributed by atoms with van der Waals surface area (Å²) < 4.78 is 22.0. The fourth-order valence-electron chi connectivity index (χ4n) is 5.56. The van der Waals surface area contributed by atoms with Crippen molar-refractivity contribution in [2.24, 2.45) is 5.41 Å². The minimum Gasteiger partial charge on any atom is -0.490 e. The quantitative estimate of drug-likeness (QED) is 0.596. The number of aryl methyl sites for hydroxylation is 1. The number of hydrogen-bond donors (Lipinski definition) is 0. The molecular formula is C24H26FN5O2. The second-order valence-electron chi connectivity index (χ2n) is 9.63.